The first-order valence-electron chi connectivity index (χ1n) is 3.60. The van der Waals surface area contributed by atoms with Crippen LogP contribution in [-0.4, -0.2) is 17.8 Å². The van der Waals surface area contributed by atoms with E-state index in [-0.39, 0.29) is 0 Å². The first kappa shape index (κ1) is 8.46. The maximum Gasteiger partial charge on any atom is 0.135 e. The lowest BCUT2D eigenvalue weighted by atomic mass is 10.3. The van der Waals surface area contributed by atoms with Crippen LogP contribution in [0.2, 0.25) is 0 Å². The Hall–Kier alpha value is -1.64. The average molecular weight is 162 g/mol. The Morgan fingerprint density at radius 3 is 3.25 bits per heavy atom. The number of rotatable bonds is 4. The van der Waals surface area contributed by atoms with Crippen LogP contribution in [0.3, 0.4) is 0 Å². The SMILES string of the molecule is C=CCO/N=C/c1cccnc1. The van der Waals surface area contributed by atoms with Gasteiger partial charge < -0.3 is 4.84 Å². The topological polar surface area (TPSA) is 34.5 Å². The van der Waals surface area contributed by atoms with E-state index in [9.17, 15) is 0 Å². The summed E-state index contributed by atoms with van der Waals surface area (Å²) >= 11 is 0. The van der Waals surface area contributed by atoms with Crippen LogP contribution in [0, 0.1) is 0 Å². The lowest BCUT2D eigenvalue weighted by Crippen LogP contribution is -1.85. The molecule has 1 rings (SSSR count). The highest BCUT2D eigenvalue weighted by Gasteiger charge is 1.83. The Labute approximate surface area is 71.4 Å². The summed E-state index contributed by atoms with van der Waals surface area (Å²) in [5.74, 6) is 0. The van der Waals surface area contributed by atoms with Gasteiger partial charge in [-0.25, -0.2) is 0 Å². The maximum absolute atomic E-state index is 4.81. The molecule has 3 heteroatoms. The fourth-order valence-corrected chi connectivity index (χ4v) is 0.646. The standard InChI is InChI=1S/C9H10N2O/c1-2-6-12-11-8-9-4-3-5-10-7-9/h2-5,7-8H,1,6H2/b11-8+. The largest absolute Gasteiger partial charge is 0.392 e. The fraction of sp³-hybridized carbons (Fsp3) is 0.111. The van der Waals surface area contributed by atoms with Gasteiger partial charge in [-0.05, 0) is 6.07 Å². The van der Waals surface area contributed by atoms with Gasteiger partial charge in [0.25, 0.3) is 0 Å². The molecule has 0 aliphatic rings. The van der Waals surface area contributed by atoms with E-state index in [2.05, 4.69) is 16.7 Å². The highest BCUT2D eigenvalue weighted by molar-refractivity contribution is 5.78. The van der Waals surface area contributed by atoms with Crippen LogP contribution in [-0.2, 0) is 4.84 Å². The maximum atomic E-state index is 4.81. The van der Waals surface area contributed by atoms with E-state index in [1.54, 1.807) is 24.7 Å². The molecular formula is C9H10N2O. The number of hydrogen-bond donors (Lipinski definition) is 0. The summed E-state index contributed by atoms with van der Waals surface area (Å²) in [5.41, 5.74) is 0.918. The minimum Gasteiger partial charge on any atom is -0.392 e. The molecule has 62 valence electrons. The zero-order valence-electron chi connectivity index (χ0n) is 6.68. The van der Waals surface area contributed by atoms with Gasteiger partial charge >= 0.3 is 0 Å². The zero-order valence-corrected chi connectivity index (χ0v) is 6.68. The average Bonchev–Trinajstić information content (AvgIpc) is 2.14. The molecule has 0 fully saturated rings. The molecule has 1 aromatic heterocycles. The van der Waals surface area contributed by atoms with Crippen LogP contribution in [0.4, 0.5) is 0 Å². The molecule has 0 bridgehead atoms. The van der Waals surface area contributed by atoms with Crippen molar-refractivity contribution in [3.8, 4) is 0 Å². The Bertz CT molecular complexity index is 256. The highest BCUT2D eigenvalue weighted by atomic mass is 16.6. The van der Waals surface area contributed by atoms with Crippen molar-refractivity contribution >= 4 is 6.21 Å². The molecule has 0 saturated heterocycles. The molecule has 0 aromatic carbocycles. The van der Waals surface area contributed by atoms with Crippen LogP contribution < -0.4 is 0 Å². The molecule has 12 heavy (non-hydrogen) atoms. The molecule has 3 nitrogen and oxygen atoms in total. The van der Waals surface area contributed by atoms with Crippen molar-refractivity contribution in [2.24, 2.45) is 5.16 Å². The minimum atomic E-state index is 0.427. The molecule has 0 aliphatic heterocycles. The Morgan fingerprint density at radius 1 is 1.67 bits per heavy atom. The van der Waals surface area contributed by atoms with Gasteiger partial charge in [-0.3, -0.25) is 4.98 Å². The third kappa shape index (κ3) is 2.96. The van der Waals surface area contributed by atoms with Gasteiger partial charge in [-0.1, -0.05) is 23.9 Å². The second kappa shape index (κ2) is 5.07. The second-order valence-electron chi connectivity index (χ2n) is 2.11. The van der Waals surface area contributed by atoms with Crippen molar-refractivity contribution in [2.45, 2.75) is 0 Å². The summed E-state index contributed by atoms with van der Waals surface area (Å²) in [7, 11) is 0. The van der Waals surface area contributed by atoms with Crippen molar-refractivity contribution in [1.82, 2.24) is 4.98 Å². The van der Waals surface area contributed by atoms with Crippen molar-refractivity contribution in [3.05, 3.63) is 42.7 Å². The molecule has 0 saturated carbocycles. The minimum absolute atomic E-state index is 0.427. The van der Waals surface area contributed by atoms with E-state index in [4.69, 9.17) is 4.84 Å². The van der Waals surface area contributed by atoms with Crippen LogP contribution in [0.5, 0.6) is 0 Å². The number of oxime groups is 1. The third-order valence-corrected chi connectivity index (χ3v) is 1.15. The second-order valence-corrected chi connectivity index (χ2v) is 2.11. The van der Waals surface area contributed by atoms with E-state index in [1.807, 2.05) is 12.1 Å². The summed E-state index contributed by atoms with van der Waals surface area (Å²) in [6, 6.07) is 3.74. The monoisotopic (exact) mass is 162 g/mol. The third-order valence-electron chi connectivity index (χ3n) is 1.15. The van der Waals surface area contributed by atoms with Gasteiger partial charge in [0.1, 0.15) is 6.61 Å². The van der Waals surface area contributed by atoms with Gasteiger partial charge in [0.15, 0.2) is 0 Å². The van der Waals surface area contributed by atoms with Gasteiger partial charge in [0, 0.05) is 18.0 Å². The molecule has 0 atom stereocenters. The summed E-state index contributed by atoms with van der Waals surface area (Å²) in [6.07, 6.45) is 6.67. The lowest BCUT2D eigenvalue weighted by molar-refractivity contribution is 0.176. The fourth-order valence-electron chi connectivity index (χ4n) is 0.646. The first-order valence-corrected chi connectivity index (χ1v) is 3.60. The zero-order chi connectivity index (χ0) is 8.65. The Morgan fingerprint density at radius 2 is 2.58 bits per heavy atom. The molecular weight excluding hydrogens is 152 g/mol. The van der Waals surface area contributed by atoms with Crippen LogP contribution in [0.1, 0.15) is 5.56 Å². The summed E-state index contributed by atoms with van der Waals surface area (Å²) in [6.45, 7) is 3.92. The summed E-state index contributed by atoms with van der Waals surface area (Å²) in [4.78, 5) is 8.73. The number of nitrogens with zero attached hydrogens (tertiary/aromatic N) is 2. The van der Waals surface area contributed by atoms with E-state index in [1.165, 1.54) is 0 Å². The van der Waals surface area contributed by atoms with E-state index >= 15 is 0 Å². The first-order chi connectivity index (χ1) is 5.93. The molecule has 0 spiro atoms. The predicted octanol–water partition coefficient (Wildman–Crippen LogP) is 1.62. The van der Waals surface area contributed by atoms with Crippen LogP contribution in [0.15, 0.2) is 42.3 Å². The number of hydrogen-bond acceptors (Lipinski definition) is 3. The van der Waals surface area contributed by atoms with Crippen LogP contribution >= 0.6 is 0 Å². The van der Waals surface area contributed by atoms with Crippen LogP contribution in [0.25, 0.3) is 0 Å². The Balaban J connectivity index is 2.41. The Kier molecular flexibility index (Phi) is 3.57. The normalized spacial score (nSPS) is 10.0. The molecule has 0 N–H and O–H groups in total. The van der Waals surface area contributed by atoms with Crippen molar-refractivity contribution in [1.29, 1.82) is 0 Å². The van der Waals surface area contributed by atoms with E-state index in [0.29, 0.717) is 6.61 Å². The van der Waals surface area contributed by atoms with Crippen molar-refractivity contribution < 1.29 is 4.84 Å². The molecule has 0 radical (unpaired) electrons. The van der Waals surface area contributed by atoms with Gasteiger partial charge in [0.05, 0.1) is 6.21 Å². The smallest absolute Gasteiger partial charge is 0.135 e. The van der Waals surface area contributed by atoms with Crippen molar-refractivity contribution in [2.75, 3.05) is 6.61 Å². The molecule has 0 unspecified atom stereocenters. The lowest BCUT2D eigenvalue weighted by Gasteiger charge is -1.91. The number of aromatic nitrogens is 1. The van der Waals surface area contributed by atoms with Gasteiger partial charge in [0.2, 0.25) is 0 Å². The number of pyridine rings is 1. The van der Waals surface area contributed by atoms with E-state index in [0.717, 1.165) is 5.56 Å². The summed E-state index contributed by atoms with van der Waals surface area (Å²) < 4.78 is 0. The molecule has 1 aromatic rings. The summed E-state index contributed by atoms with van der Waals surface area (Å²) in [5, 5.41) is 3.70. The van der Waals surface area contributed by atoms with Gasteiger partial charge in [-0.2, -0.15) is 0 Å². The predicted molar refractivity (Wildman–Crippen MR) is 48.0 cm³/mol. The highest BCUT2D eigenvalue weighted by Crippen LogP contribution is 1.90. The molecule has 1 heterocycles. The molecule has 0 amide bonds. The quantitative estimate of drug-likeness (QED) is 0.292. The van der Waals surface area contributed by atoms with E-state index < -0.39 is 0 Å². The molecule has 0 aliphatic carbocycles. The van der Waals surface area contributed by atoms with Gasteiger partial charge in [-0.15, -0.1) is 0 Å². The van der Waals surface area contributed by atoms with Crippen molar-refractivity contribution in [3.63, 3.8) is 0 Å².